The number of rotatable bonds is 6. The van der Waals surface area contributed by atoms with Gasteiger partial charge in [0.05, 0.1) is 5.69 Å². The summed E-state index contributed by atoms with van der Waals surface area (Å²) in [6.45, 7) is 6.05. The highest BCUT2D eigenvalue weighted by Crippen LogP contribution is 2.34. The first-order valence-corrected chi connectivity index (χ1v) is 14.7. The highest BCUT2D eigenvalue weighted by atomic mass is 32.2. The van der Waals surface area contributed by atoms with Crippen molar-refractivity contribution in [2.45, 2.75) is 55.4 Å². The number of hydrogen-bond donors (Lipinski definition) is 0. The van der Waals surface area contributed by atoms with Crippen molar-refractivity contribution in [3.05, 3.63) is 54.1 Å². The van der Waals surface area contributed by atoms with E-state index in [9.17, 15) is 4.21 Å². The molecule has 0 spiro atoms. The van der Waals surface area contributed by atoms with Crippen molar-refractivity contribution in [1.82, 2.24) is 19.2 Å². The third-order valence-corrected chi connectivity index (χ3v) is 9.23. The molecule has 35 heavy (non-hydrogen) atoms. The lowest BCUT2D eigenvalue weighted by molar-refractivity contribution is 0.0855. The average Bonchev–Trinajstić information content (AvgIpc) is 3.59. The normalized spacial score (nSPS) is 22.1. The summed E-state index contributed by atoms with van der Waals surface area (Å²) in [5, 5.41) is 0. The molecule has 0 amide bonds. The van der Waals surface area contributed by atoms with Crippen LogP contribution in [0.4, 0.5) is 4.39 Å². The lowest BCUT2D eigenvalue weighted by Gasteiger charge is -2.42. The van der Waals surface area contributed by atoms with E-state index in [0.29, 0.717) is 11.6 Å². The molecule has 2 aromatic heterocycles. The molecule has 186 valence electrons. The molecule has 1 aromatic carbocycles. The summed E-state index contributed by atoms with van der Waals surface area (Å²) >= 11 is 0. The SMILES string of the molecule is CS(=O)c1ccc(-c2cn3cc(C4CCN(C5CCN(CC6CC6)CC5)CC4)cc(F)c3n2)cc1. The van der Waals surface area contributed by atoms with E-state index in [1.807, 2.05) is 34.9 Å². The van der Waals surface area contributed by atoms with E-state index in [2.05, 4.69) is 21.0 Å². The Kier molecular flexibility index (Phi) is 6.50. The molecule has 6 rings (SSSR count). The van der Waals surface area contributed by atoms with Gasteiger partial charge in [-0.1, -0.05) is 12.1 Å². The zero-order valence-electron chi connectivity index (χ0n) is 20.5. The maximum absolute atomic E-state index is 15.1. The molecule has 1 aliphatic carbocycles. The topological polar surface area (TPSA) is 40.9 Å². The van der Waals surface area contributed by atoms with Crippen LogP contribution in [0.2, 0.25) is 0 Å². The van der Waals surface area contributed by atoms with Gasteiger partial charge in [-0.25, -0.2) is 9.37 Å². The van der Waals surface area contributed by atoms with Crippen molar-refractivity contribution < 1.29 is 8.60 Å². The van der Waals surface area contributed by atoms with Crippen LogP contribution in [0.3, 0.4) is 0 Å². The van der Waals surface area contributed by atoms with Crippen LogP contribution in [0, 0.1) is 11.7 Å². The van der Waals surface area contributed by atoms with Crippen LogP contribution in [0.25, 0.3) is 16.9 Å². The molecule has 3 fully saturated rings. The van der Waals surface area contributed by atoms with Crippen LogP contribution in [0.5, 0.6) is 0 Å². The summed E-state index contributed by atoms with van der Waals surface area (Å²) < 4.78 is 28.6. The van der Waals surface area contributed by atoms with E-state index in [-0.39, 0.29) is 5.82 Å². The van der Waals surface area contributed by atoms with Crippen LogP contribution >= 0.6 is 0 Å². The van der Waals surface area contributed by atoms with Crippen LogP contribution in [0.1, 0.15) is 50.0 Å². The molecule has 5 nitrogen and oxygen atoms in total. The summed E-state index contributed by atoms with van der Waals surface area (Å²) in [6, 6.07) is 9.93. The molecule has 0 bridgehead atoms. The maximum atomic E-state index is 15.1. The van der Waals surface area contributed by atoms with E-state index >= 15 is 4.39 Å². The fourth-order valence-electron chi connectivity index (χ4n) is 5.99. The predicted octanol–water partition coefficient (Wildman–Crippen LogP) is 4.93. The number of nitrogens with zero attached hydrogens (tertiary/aromatic N) is 4. The quantitative estimate of drug-likeness (QED) is 0.487. The summed E-state index contributed by atoms with van der Waals surface area (Å²) in [7, 11) is -1.02. The molecule has 1 unspecified atom stereocenters. The van der Waals surface area contributed by atoms with Crippen LogP contribution in [-0.2, 0) is 10.8 Å². The molecule has 7 heteroatoms. The molecular formula is C28H35FN4OS. The Labute approximate surface area is 209 Å². The van der Waals surface area contributed by atoms with Crippen LogP contribution < -0.4 is 0 Å². The summed E-state index contributed by atoms with van der Waals surface area (Å²) in [5.41, 5.74) is 3.08. The molecule has 2 aliphatic heterocycles. The van der Waals surface area contributed by atoms with Gasteiger partial charge in [0.15, 0.2) is 11.5 Å². The van der Waals surface area contributed by atoms with Gasteiger partial charge in [0.2, 0.25) is 0 Å². The fourth-order valence-corrected chi connectivity index (χ4v) is 6.51. The summed E-state index contributed by atoms with van der Waals surface area (Å²) in [5.74, 6) is 1.12. The molecular weight excluding hydrogens is 459 g/mol. The number of halogens is 1. The van der Waals surface area contributed by atoms with Crippen LogP contribution in [-0.4, -0.2) is 68.4 Å². The van der Waals surface area contributed by atoms with Crippen molar-refractivity contribution in [2.75, 3.05) is 39.0 Å². The van der Waals surface area contributed by atoms with E-state index in [4.69, 9.17) is 0 Å². The van der Waals surface area contributed by atoms with Gasteiger partial charge < -0.3 is 14.2 Å². The highest BCUT2D eigenvalue weighted by Gasteiger charge is 2.31. The number of likely N-dealkylation sites (tertiary alicyclic amines) is 2. The Morgan fingerprint density at radius 1 is 0.971 bits per heavy atom. The third-order valence-electron chi connectivity index (χ3n) is 8.30. The zero-order chi connectivity index (χ0) is 23.9. The number of piperidine rings is 2. The van der Waals surface area contributed by atoms with Gasteiger partial charge in [-0.3, -0.25) is 4.21 Å². The number of hydrogen-bond acceptors (Lipinski definition) is 4. The van der Waals surface area contributed by atoms with Gasteiger partial charge >= 0.3 is 0 Å². The van der Waals surface area contributed by atoms with Crippen LogP contribution in [0.15, 0.2) is 47.6 Å². The third kappa shape index (κ3) is 5.09. The first kappa shape index (κ1) is 23.3. The Morgan fingerprint density at radius 2 is 1.69 bits per heavy atom. The molecule has 0 N–H and O–H groups in total. The second-order valence-electron chi connectivity index (χ2n) is 10.7. The molecule has 0 radical (unpaired) electrons. The van der Waals surface area contributed by atoms with Crippen molar-refractivity contribution in [3.63, 3.8) is 0 Å². The van der Waals surface area contributed by atoms with Gasteiger partial charge in [-0.2, -0.15) is 0 Å². The summed E-state index contributed by atoms with van der Waals surface area (Å²) in [6.07, 6.45) is 13.3. The van der Waals surface area contributed by atoms with Crippen molar-refractivity contribution in [3.8, 4) is 11.3 Å². The molecule has 1 atom stereocenters. The van der Waals surface area contributed by atoms with Crippen molar-refractivity contribution in [2.24, 2.45) is 5.92 Å². The van der Waals surface area contributed by atoms with E-state index in [1.165, 1.54) is 45.3 Å². The molecule has 3 aromatic rings. The average molecular weight is 495 g/mol. The number of fused-ring (bicyclic) bond motifs is 1. The number of imidazole rings is 1. The second kappa shape index (κ2) is 9.75. The standard InChI is InChI=1S/C28H35FN4OS/c1-35(34)25-6-4-22(5-7-25)27-19-33-18-23(16-26(29)28(33)30-27)21-8-14-32(15-9-21)24-10-12-31(13-11-24)17-20-2-3-20/h4-7,16,18-21,24H,2-3,8-15,17H2,1H3. The first-order valence-electron chi connectivity index (χ1n) is 13.1. The lowest BCUT2D eigenvalue weighted by atomic mass is 9.88. The van der Waals surface area contributed by atoms with E-state index in [0.717, 1.165) is 59.6 Å². The number of aromatic nitrogens is 2. The van der Waals surface area contributed by atoms with Gasteiger partial charge in [0.1, 0.15) is 0 Å². The molecule has 1 saturated carbocycles. The van der Waals surface area contributed by atoms with E-state index in [1.54, 1.807) is 12.3 Å². The fraction of sp³-hybridized carbons (Fsp3) is 0.536. The van der Waals surface area contributed by atoms with Crippen molar-refractivity contribution >= 4 is 16.4 Å². The smallest absolute Gasteiger partial charge is 0.173 e. The molecule has 2 saturated heterocycles. The predicted molar refractivity (Wildman–Crippen MR) is 139 cm³/mol. The first-order chi connectivity index (χ1) is 17.0. The number of pyridine rings is 1. The summed E-state index contributed by atoms with van der Waals surface area (Å²) in [4.78, 5) is 10.7. The monoisotopic (exact) mass is 494 g/mol. The highest BCUT2D eigenvalue weighted by molar-refractivity contribution is 7.84. The zero-order valence-corrected chi connectivity index (χ0v) is 21.4. The minimum Gasteiger partial charge on any atom is -0.304 e. The van der Waals surface area contributed by atoms with Gasteiger partial charge in [-0.05, 0) is 100 Å². The molecule has 3 aliphatic rings. The lowest BCUT2D eigenvalue weighted by Crippen LogP contribution is -2.47. The second-order valence-corrected chi connectivity index (χ2v) is 12.1. The Hall–Kier alpha value is -2.09. The number of benzene rings is 1. The minimum atomic E-state index is -1.02. The van der Waals surface area contributed by atoms with Gasteiger partial charge in [0.25, 0.3) is 0 Å². The minimum absolute atomic E-state index is 0.259. The Bertz CT molecular complexity index is 1210. The Morgan fingerprint density at radius 3 is 2.34 bits per heavy atom. The molecule has 4 heterocycles. The van der Waals surface area contributed by atoms with Gasteiger partial charge in [0, 0.05) is 52.5 Å². The van der Waals surface area contributed by atoms with Gasteiger partial charge in [-0.15, -0.1) is 0 Å². The van der Waals surface area contributed by atoms with E-state index < -0.39 is 10.8 Å². The maximum Gasteiger partial charge on any atom is 0.173 e. The largest absolute Gasteiger partial charge is 0.304 e. The Balaban J connectivity index is 1.11. The van der Waals surface area contributed by atoms with Crippen molar-refractivity contribution in [1.29, 1.82) is 0 Å².